The minimum Gasteiger partial charge on any atom is -0.368 e. The van der Waals surface area contributed by atoms with Gasteiger partial charge in [-0.15, -0.1) is 0 Å². The van der Waals surface area contributed by atoms with Gasteiger partial charge in [0.15, 0.2) is 0 Å². The number of carbonyl (C=O) groups excluding carboxylic acids is 2. The predicted octanol–water partition coefficient (Wildman–Crippen LogP) is 2.93. The highest BCUT2D eigenvalue weighted by Gasteiger charge is 2.23. The Bertz CT molecular complexity index is 730. The van der Waals surface area contributed by atoms with Crippen molar-refractivity contribution in [3.05, 3.63) is 48.0 Å². The van der Waals surface area contributed by atoms with E-state index in [0.717, 1.165) is 29.2 Å². The molecule has 1 aliphatic carbocycles. The number of fused-ring (bicyclic) bond motifs is 1. The van der Waals surface area contributed by atoms with Crippen LogP contribution in [0.2, 0.25) is 0 Å². The molecule has 3 N–H and O–H groups in total. The Balaban J connectivity index is 1.71. The van der Waals surface area contributed by atoms with Crippen LogP contribution in [0.3, 0.4) is 0 Å². The number of nitrogens with one attached hydrogen (secondary N) is 1. The minimum absolute atomic E-state index is 0.0639. The standard InChI is InChI=1S/C20H24N2O2/c21-20(24)18(22-19(23)12-14-6-1-2-7-14)13-16-10-5-9-15-8-3-4-11-17(15)16/h3-5,8-11,14,18H,1-2,6-7,12-13H2,(H2,21,24)(H,22,23)/t18-/m1/s1. The van der Waals surface area contributed by atoms with Crippen LogP contribution in [0.25, 0.3) is 10.8 Å². The summed E-state index contributed by atoms with van der Waals surface area (Å²) in [5.41, 5.74) is 6.56. The average Bonchev–Trinajstić information content (AvgIpc) is 3.07. The van der Waals surface area contributed by atoms with Gasteiger partial charge in [0.05, 0.1) is 0 Å². The van der Waals surface area contributed by atoms with Gasteiger partial charge in [-0.2, -0.15) is 0 Å². The van der Waals surface area contributed by atoms with Crippen molar-refractivity contribution < 1.29 is 9.59 Å². The Morgan fingerprint density at radius 2 is 1.79 bits per heavy atom. The van der Waals surface area contributed by atoms with Crippen LogP contribution in [0.5, 0.6) is 0 Å². The van der Waals surface area contributed by atoms with Crippen molar-refractivity contribution in [2.75, 3.05) is 0 Å². The fourth-order valence-corrected chi connectivity index (χ4v) is 3.64. The van der Waals surface area contributed by atoms with Crippen molar-refractivity contribution in [1.29, 1.82) is 0 Å². The molecule has 0 aromatic heterocycles. The number of primary amides is 1. The van der Waals surface area contributed by atoms with Gasteiger partial charge in [0.2, 0.25) is 11.8 Å². The molecule has 0 radical (unpaired) electrons. The Morgan fingerprint density at radius 3 is 2.54 bits per heavy atom. The van der Waals surface area contributed by atoms with E-state index in [1.807, 2.05) is 42.5 Å². The smallest absolute Gasteiger partial charge is 0.240 e. The van der Waals surface area contributed by atoms with Crippen molar-refractivity contribution in [2.45, 2.75) is 44.6 Å². The fourth-order valence-electron chi connectivity index (χ4n) is 3.64. The molecule has 1 aliphatic rings. The van der Waals surface area contributed by atoms with E-state index in [-0.39, 0.29) is 5.91 Å². The van der Waals surface area contributed by atoms with Crippen molar-refractivity contribution >= 4 is 22.6 Å². The van der Waals surface area contributed by atoms with Crippen LogP contribution in [0, 0.1) is 5.92 Å². The normalized spacial score (nSPS) is 16.2. The lowest BCUT2D eigenvalue weighted by Crippen LogP contribution is -2.46. The maximum absolute atomic E-state index is 12.2. The Hall–Kier alpha value is -2.36. The molecule has 2 aromatic rings. The molecule has 0 unspecified atom stereocenters. The first-order valence-corrected chi connectivity index (χ1v) is 8.69. The summed E-state index contributed by atoms with van der Waals surface area (Å²) in [7, 11) is 0. The molecule has 1 saturated carbocycles. The first kappa shape index (κ1) is 16.5. The molecule has 1 fully saturated rings. The lowest BCUT2D eigenvalue weighted by atomic mass is 9.98. The highest BCUT2D eigenvalue weighted by molar-refractivity contribution is 5.89. The van der Waals surface area contributed by atoms with E-state index < -0.39 is 11.9 Å². The number of hydrogen-bond acceptors (Lipinski definition) is 2. The molecule has 126 valence electrons. The van der Waals surface area contributed by atoms with Gasteiger partial charge in [-0.25, -0.2) is 0 Å². The number of carbonyl (C=O) groups is 2. The van der Waals surface area contributed by atoms with Gasteiger partial charge in [-0.3, -0.25) is 9.59 Å². The molecule has 2 aromatic carbocycles. The molecule has 24 heavy (non-hydrogen) atoms. The highest BCUT2D eigenvalue weighted by atomic mass is 16.2. The zero-order valence-electron chi connectivity index (χ0n) is 13.8. The third-order valence-electron chi connectivity index (χ3n) is 4.93. The van der Waals surface area contributed by atoms with Crippen LogP contribution < -0.4 is 11.1 Å². The second kappa shape index (κ2) is 7.47. The Morgan fingerprint density at radius 1 is 1.08 bits per heavy atom. The fraction of sp³-hybridized carbons (Fsp3) is 0.400. The van der Waals surface area contributed by atoms with Gasteiger partial charge in [0.25, 0.3) is 0 Å². The second-order valence-corrected chi connectivity index (χ2v) is 6.72. The van der Waals surface area contributed by atoms with Gasteiger partial charge in [0, 0.05) is 12.8 Å². The summed E-state index contributed by atoms with van der Waals surface area (Å²) in [5.74, 6) is -0.0928. The topological polar surface area (TPSA) is 72.2 Å². The number of nitrogens with two attached hydrogens (primary N) is 1. The second-order valence-electron chi connectivity index (χ2n) is 6.72. The van der Waals surface area contributed by atoms with E-state index in [0.29, 0.717) is 18.8 Å². The van der Waals surface area contributed by atoms with E-state index in [1.54, 1.807) is 0 Å². The molecule has 3 rings (SSSR count). The lowest BCUT2D eigenvalue weighted by Gasteiger charge is -2.18. The highest BCUT2D eigenvalue weighted by Crippen LogP contribution is 2.27. The van der Waals surface area contributed by atoms with Crippen LogP contribution >= 0.6 is 0 Å². The summed E-state index contributed by atoms with van der Waals surface area (Å²) in [4.78, 5) is 24.1. The molecule has 1 atom stereocenters. The molecule has 4 nitrogen and oxygen atoms in total. The minimum atomic E-state index is -0.662. The van der Waals surface area contributed by atoms with Crippen molar-refractivity contribution in [3.8, 4) is 0 Å². The maximum Gasteiger partial charge on any atom is 0.240 e. The van der Waals surface area contributed by atoms with Gasteiger partial charge >= 0.3 is 0 Å². The Labute approximate surface area is 142 Å². The average molecular weight is 324 g/mol. The van der Waals surface area contributed by atoms with Gasteiger partial charge in [-0.1, -0.05) is 55.3 Å². The molecule has 0 bridgehead atoms. The first-order valence-electron chi connectivity index (χ1n) is 8.69. The molecule has 0 saturated heterocycles. The van der Waals surface area contributed by atoms with Crippen molar-refractivity contribution in [2.24, 2.45) is 11.7 Å². The summed E-state index contributed by atoms with van der Waals surface area (Å²) in [6.07, 6.45) is 5.54. The zero-order valence-corrected chi connectivity index (χ0v) is 13.8. The first-order chi connectivity index (χ1) is 11.6. The predicted molar refractivity (Wildman–Crippen MR) is 95.4 cm³/mol. The molecule has 0 heterocycles. The third kappa shape index (κ3) is 3.94. The van der Waals surface area contributed by atoms with E-state index in [2.05, 4.69) is 5.32 Å². The van der Waals surface area contributed by atoms with Crippen LogP contribution in [0.15, 0.2) is 42.5 Å². The number of hydrogen-bond donors (Lipinski definition) is 2. The van der Waals surface area contributed by atoms with Crippen LogP contribution in [0.1, 0.15) is 37.7 Å². The molecule has 0 spiro atoms. The Kier molecular flexibility index (Phi) is 5.14. The number of amides is 2. The zero-order chi connectivity index (χ0) is 16.9. The van der Waals surface area contributed by atoms with Crippen molar-refractivity contribution in [1.82, 2.24) is 5.32 Å². The monoisotopic (exact) mass is 324 g/mol. The van der Waals surface area contributed by atoms with E-state index in [4.69, 9.17) is 5.73 Å². The van der Waals surface area contributed by atoms with Gasteiger partial charge in [-0.05, 0) is 35.1 Å². The van der Waals surface area contributed by atoms with E-state index in [1.165, 1.54) is 12.8 Å². The number of rotatable bonds is 6. The molecule has 2 amide bonds. The quantitative estimate of drug-likeness (QED) is 0.857. The summed E-state index contributed by atoms with van der Waals surface area (Å²) < 4.78 is 0. The summed E-state index contributed by atoms with van der Waals surface area (Å²) in [5, 5.41) is 5.06. The van der Waals surface area contributed by atoms with E-state index in [9.17, 15) is 9.59 Å². The van der Waals surface area contributed by atoms with Gasteiger partial charge < -0.3 is 11.1 Å². The summed E-state index contributed by atoms with van der Waals surface area (Å²) >= 11 is 0. The van der Waals surface area contributed by atoms with Crippen molar-refractivity contribution in [3.63, 3.8) is 0 Å². The molecular weight excluding hydrogens is 300 g/mol. The van der Waals surface area contributed by atoms with Crippen LogP contribution in [-0.2, 0) is 16.0 Å². The van der Waals surface area contributed by atoms with Gasteiger partial charge in [0.1, 0.15) is 6.04 Å². The van der Waals surface area contributed by atoms with Crippen LogP contribution in [-0.4, -0.2) is 17.9 Å². The van der Waals surface area contributed by atoms with Crippen LogP contribution in [0.4, 0.5) is 0 Å². The molecule has 4 heteroatoms. The number of benzene rings is 2. The largest absolute Gasteiger partial charge is 0.368 e. The molecule has 0 aliphatic heterocycles. The molecular formula is C20H24N2O2. The third-order valence-corrected chi connectivity index (χ3v) is 4.93. The summed E-state index contributed by atoms with van der Waals surface area (Å²) in [6.45, 7) is 0. The SMILES string of the molecule is NC(=O)[C@@H](Cc1cccc2ccccc12)NC(=O)CC1CCCC1. The maximum atomic E-state index is 12.2. The van der Waals surface area contributed by atoms with E-state index >= 15 is 0 Å². The summed E-state index contributed by atoms with van der Waals surface area (Å²) in [6, 6.07) is 13.4. The lowest BCUT2D eigenvalue weighted by molar-refractivity contribution is -0.127.